The molecule has 0 spiro atoms. The number of fused-ring (bicyclic) bond motifs is 1. The van der Waals surface area contributed by atoms with Crippen molar-refractivity contribution >= 4 is 46.8 Å². The summed E-state index contributed by atoms with van der Waals surface area (Å²) in [6.45, 7) is 6.61. The van der Waals surface area contributed by atoms with Gasteiger partial charge in [-0.05, 0) is 71.0 Å². The molecule has 3 aromatic rings. The van der Waals surface area contributed by atoms with Crippen LogP contribution in [0.15, 0.2) is 72.5 Å². The topological polar surface area (TPSA) is 58.6 Å². The molecule has 0 radical (unpaired) electrons. The SMILES string of the molecule is CC(C)(C)c1ccc2c(c1)N(CC(=O)NCCc1ccc(Cl)cc1)C(=O)/C(=C\c1ccc(Cl)cc1)O2. The fourth-order valence-electron chi connectivity index (χ4n) is 3.84. The number of carbonyl (C=O) groups excluding carboxylic acids is 2. The van der Waals surface area contributed by atoms with Gasteiger partial charge in [-0.2, -0.15) is 0 Å². The Morgan fingerprint density at radius 1 is 0.972 bits per heavy atom. The van der Waals surface area contributed by atoms with E-state index >= 15 is 0 Å². The van der Waals surface area contributed by atoms with Crippen LogP contribution in [-0.2, 0) is 21.4 Å². The van der Waals surface area contributed by atoms with Gasteiger partial charge in [0.25, 0.3) is 5.91 Å². The Morgan fingerprint density at radius 2 is 1.61 bits per heavy atom. The Bertz CT molecular complexity index is 1290. The van der Waals surface area contributed by atoms with Gasteiger partial charge >= 0.3 is 0 Å². The molecule has 7 heteroatoms. The number of ether oxygens (including phenoxy) is 1. The van der Waals surface area contributed by atoms with E-state index in [4.69, 9.17) is 27.9 Å². The molecule has 0 saturated carbocycles. The van der Waals surface area contributed by atoms with Crippen molar-refractivity contribution < 1.29 is 14.3 Å². The molecule has 0 aromatic heterocycles. The van der Waals surface area contributed by atoms with E-state index in [2.05, 4.69) is 26.1 Å². The Morgan fingerprint density at radius 3 is 2.25 bits per heavy atom. The second-order valence-corrected chi connectivity index (χ2v) is 10.6. The van der Waals surface area contributed by atoms with Crippen LogP contribution >= 0.6 is 23.2 Å². The van der Waals surface area contributed by atoms with Gasteiger partial charge in [0, 0.05) is 16.6 Å². The van der Waals surface area contributed by atoms with Crippen molar-refractivity contribution in [2.45, 2.75) is 32.6 Å². The van der Waals surface area contributed by atoms with E-state index in [1.165, 1.54) is 4.90 Å². The maximum absolute atomic E-state index is 13.5. The molecular formula is C29H28Cl2N2O3. The molecule has 0 bridgehead atoms. The molecule has 0 atom stereocenters. The maximum Gasteiger partial charge on any atom is 0.294 e. The fraction of sp³-hybridized carbons (Fsp3) is 0.241. The molecule has 5 nitrogen and oxygen atoms in total. The van der Waals surface area contributed by atoms with Crippen LogP contribution in [0.2, 0.25) is 10.0 Å². The molecule has 1 N–H and O–H groups in total. The van der Waals surface area contributed by atoms with Crippen molar-refractivity contribution in [2.75, 3.05) is 18.0 Å². The minimum Gasteiger partial charge on any atom is -0.449 e. The standard InChI is InChI=1S/C29H28Cl2N2O3/c1-29(2,3)21-8-13-25-24(17-21)33(18-27(34)32-15-14-19-4-9-22(30)10-5-19)28(35)26(36-25)16-20-6-11-23(31)12-7-20/h4-13,16-17H,14-15,18H2,1-3H3,(H,32,34)/b26-16+. The Hall–Kier alpha value is -3.28. The van der Waals surface area contributed by atoms with Crippen LogP contribution in [0.25, 0.3) is 6.08 Å². The van der Waals surface area contributed by atoms with Gasteiger partial charge in [0.15, 0.2) is 11.5 Å². The van der Waals surface area contributed by atoms with Crippen molar-refractivity contribution in [1.29, 1.82) is 0 Å². The first-order valence-electron chi connectivity index (χ1n) is 11.7. The van der Waals surface area contributed by atoms with E-state index in [0.29, 0.717) is 34.4 Å². The molecule has 0 fully saturated rings. The van der Waals surface area contributed by atoms with Crippen LogP contribution in [0, 0.1) is 0 Å². The summed E-state index contributed by atoms with van der Waals surface area (Å²) in [5.41, 5.74) is 3.31. The van der Waals surface area contributed by atoms with Crippen LogP contribution in [-0.4, -0.2) is 24.9 Å². The highest BCUT2D eigenvalue weighted by Gasteiger charge is 2.33. The van der Waals surface area contributed by atoms with Gasteiger partial charge < -0.3 is 10.1 Å². The van der Waals surface area contributed by atoms with E-state index in [1.54, 1.807) is 30.3 Å². The number of anilines is 1. The normalized spacial score (nSPS) is 14.4. The lowest BCUT2D eigenvalue weighted by atomic mass is 9.86. The summed E-state index contributed by atoms with van der Waals surface area (Å²) in [7, 11) is 0. The van der Waals surface area contributed by atoms with Gasteiger partial charge in [0.1, 0.15) is 6.54 Å². The molecule has 4 rings (SSSR count). The molecule has 1 aliphatic heterocycles. The number of nitrogens with zero attached hydrogens (tertiary/aromatic N) is 1. The largest absolute Gasteiger partial charge is 0.449 e. The lowest BCUT2D eigenvalue weighted by Crippen LogP contribution is -2.44. The fourth-order valence-corrected chi connectivity index (χ4v) is 4.09. The monoisotopic (exact) mass is 522 g/mol. The van der Waals surface area contributed by atoms with Crippen LogP contribution in [0.5, 0.6) is 5.75 Å². The predicted octanol–water partition coefficient (Wildman–Crippen LogP) is 6.42. The van der Waals surface area contributed by atoms with Gasteiger partial charge in [0.2, 0.25) is 5.91 Å². The third-order valence-electron chi connectivity index (χ3n) is 5.91. The van der Waals surface area contributed by atoms with Gasteiger partial charge in [0.05, 0.1) is 5.69 Å². The van der Waals surface area contributed by atoms with Crippen molar-refractivity contribution in [1.82, 2.24) is 5.32 Å². The van der Waals surface area contributed by atoms with Crippen LogP contribution < -0.4 is 15.0 Å². The van der Waals surface area contributed by atoms with E-state index in [9.17, 15) is 9.59 Å². The number of hydrogen-bond donors (Lipinski definition) is 1. The lowest BCUT2D eigenvalue weighted by Gasteiger charge is -2.32. The number of halogens is 2. The summed E-state index contributed by atoms with van der Waals surface area (Å²) >= 11 is 11.9. The molecule has 0 aliphatic carbocycles. The number of rotatable bonds is 6. The van der Waals surface area contributed by atoms with Crippen molar-refractivity contribution in [3.05, 3.63) is 99.2 Å². The van der Waals surface area contributed by atoms with E-state index in [1.807, 2.05) is 42.5 Å². The molecule has 0 unspecified atom stereocenters. The first-order valence-corrected chi connectivity index (χ1v) is 12.5. The summed E-state index contributed by atoms with van der Waals surface area (Å²) in [6, 6.07) is 20.4. The summed E-state index contributed by atoms with van der Waals surface area (Å²) in [6.07, 6.45) is 2.32. The van der Waals surface area contributed by atoms with Gasteiger partial charge in [-0.1, -0.05) is 74.3 Å². The minimum absolute atomic E-state index is 0.124. The third-order valence-corrected chi connectivity index (χ3v) is 6.41. The van der Waals surface area contributed by atoms with E-state index in [0.717, 1.165) is 16.7 Å². The molecular weight excluding hydrogens is 495 g/mol. The van der Waals surface area contributed by atoms with Crippen molar-refractivity contribution in [2.24, 2.45) is 0 Å². The summed E-state index contributed by atoms with van der Waals surface area (Å²) in [4.78, 5) is 27.9. The molecule has 1 heterocycles. The molecule has 186 valence electrons. The highest BCUT2D eigenvalue weighted by Crippen LogP contribution is 2.39. The first kappa shape index (κ1) is 25.8. The number of nitrogens with one attached hydrogen (secondary N) is 1. The summed E-state index contributed by atoms with van der Waals surface area (Å²) < 4.78 is 6.00. The Labute approximate surface area is 221 Å². The molecule has 36 heavy (non-hydrogen) atoms. The van der Waals surface area contributed by atoms with Crippen LogP contribution in [0.1, 0.15) is 37.5 Å². The van der Waals surface area contributed by atoms with Crippen LogP contribution in [0.3, 0.4) is 0 Å². The number of hydrogen-bond acceptors (Lipinski definition) is 3. The molecule has 0 saturated heterocycles. The zero-order valence-electron chi connectivity index (χ0n) is 20.5. The number of benzene rings is 3. The smallest absolute Gasteiger partial charge is 0.294 e. The average Bonchev–Trinajstić information content (AvgIpc) is 2.83. The third kappa shape index (κ3) is 6.28. The first-order chi connectivity index (χ1) is 17.1. The van der Waals surface area contributed by atoms with Crippen LogP contribution in [0.4, 0.5) is 5.69 Å². The second kappa shape index (κ2) is 10.8. The zero-order valence-corrected chi connectivity index (χ0v) is 22.0. The van der Waals surface area contributed by atoms with Gasteiger partial charge in [-0.25, -0.2) is 0 Å². The summed E-state index contributed by atoms with van der Waals surface area (Å²) in [5, 5.41) is 4.19. The highest BCUT2D eigenvalue weighted by atomic mass is 35.5. The average molecular weight is 523 g/mol. The predicted molar refractivity (Wildman–Crippen MR) is 146 cm³/mol. The highest BCUT2D eigenvalue weighted by molar-refractivity contribution is 6.30. The van der Waals surface area contributed by atoms with Crippen molar-refractivity contribution in [3.8, 4) is 5.75 Å². The molecule has 2 amide bonds. The minimum atomic E-state index is -0.378. The Kier molecular flexibility index (Phi) is 7.72. The quantitative estimate of drug-likeness (QED) is 0.380. The lowest BCUT2D eigenvalue weighted by molar-refractivity contribution is -0.123. The zero-order chi connectivity index (χ0) is 25.9. The van der Waals surface area contributed by atoms with Crippen molar-refractivity contribution in [3.63, 3.8) is 0 Å². The van der Waals surface area contributed by atoms with E-state index < -0.39 is 0 Å². The number of amides is 2. The maximum atomic E-state index is 13.5. The molecule has 1 aliphatic rings. The second-order valence-electron chi connectivity index (χ2n) is 9.71. The number of carbonyl (C=O) groups is 2. The Balaban J connectivity index is 1.57. The van der Waals surface area contributed by atoms with E-state index in [-0.39, 0.29) is 29.5 Å². The van der Waals surface area contributed by atoms with Gasteiger partial charge in [-0.15, -0.1) is 0 Å². The van der Waals surface area contributed by atoms with Gasteiger partial charge in [-0.3, -0.25) is 14.5 Å². The summed E-state index contributed by atoms with van der Waals surface area (Å²) in [5.74, 6) is 0.0348. The molecule has 3 aromatic carbocycles.